The van der Waals surface area contributed by atoms with Crippen LogP contribution in [-0.4, -0.2) is 24.9 Å². The molecule has 4 nitrogen and oxygen atoms in total. The minimum atomic E-state index is -3.58. The monoisotopic (exact) mass is 395 g/mol. The fourth-order valence-corrected chi connectivity index (χ4v) is 6.18. The van der Waals surface area contributed by atoms with Gasteiger partial charge in [-0.15, -0.1) is 22.7 Å². The number of nitrogens with zero attached hydrogens (tertiary/aromatic N) is 1. The third-order valence-corrected chi connectivity index (χ3v) is 7.74. The number of halogens is 1. The van der Waals surface area contributed by atoms with E-state index in [0.717, 1.165) is 9.35 Å². The molecule has 2 aromatic heterocycles. The van der Waals surface area contributed by atoms with Crippen molar-refractivity contribution in [2.45, 2.75) is 25.0 Å². The van der Waals surface area contributed by atoms with Crippen molar-refractivity contribution in [1.82, 2.24) is 4.31 Å². The summed E-state index contributed by atoms with van der Waals surface area (Å²) >= 11 is 6.13. The number of hydrogen-bond acceptors (Lipinski definition) is 5. The van der Waals surface area contributed by atoms with Gasteiger partial charge in [-0.1, -0.05) is 0 Å². The number of thiophene rings is 2. The Morgan fingerprint density at radius 1 is 1.35 bits per heavy atom. The Morgan fingerprint density at radius 3 is 2.60 bits per heavy atom. The van der Waals surface area contributed by atoms with Crippen LogP contribution >= 0.6 is 38.6 Å². The van der Waals surface area contributed by atoms with Crippen LogP contribution in [0.15, 0.2) is 26.2 Å². The van der Waals surface area contributed by atoms with Crippen LogP contribution in [-0.2, 0) is 23.2 Å². The van der Waals surface area contributed by atoms with Crippen LogP contribution in [0.25, 0.3) is 0 Å². The number of hydrogen-bond donors (Lipinski definition) is 1. The lowest BCUT2D eigenvalue weighted by Crippen LogP contribution is -2.27. The van der Waals surface area contributed by atoms with Crippen molar-refractivity contribution in [3.8, 4) is 0 Å². The summed E-state index contributed by atoms with van der Waals surface area (Å²) in [5.41, 5.74) is 0.679. The van der Waals surface area contributed by atoms with Crippen LogP contribution < -0.4 is 0 Å². The third kappa shape index (κ3) is 3.15. The summed E-state index contributed by atoms with van der Waals surface area (Å²) in [7, 11) is -2.03. The minimum absolute atomic E-state index is 0.239. The molecule has 0 bridgehead atoms. The molecule has 0 aliphatic rings. The van der Waals surface area contributed by atoms with Crippen molar-refractivity contribution in [3.63, 3.8) is 0 Å². The standard InChI is InChI=1S/C12H14BrNO3S3/c1-8-6-19-11(5-15)12(8)20(16,17)14(2)4-10-3-9(13)7-18-10/h3,6-7,15H,4-5H2,1-2H3. The van der Waals surface area contributed by atoms with Gasteiger partial charge in [-0.3, -0.25) is 0 Å². The van der Waals surface area contributed by atoms with Crippen molar-refractivity contribution in [1.29, 1.82) is 0 Å². The first-order valence-electron chi connectivity index (χ1n) is 5.73. The molecule has 2 heterocycles. The van der Waals surface area contributed by atoms with Crippen LogP contribution in [0.2, 0.25) is 0 Å². The molecule has 20 heavy (non-hydrogen) atoms. The summed E-state index contributed by atoms with van der Waals surface area (Å²) in [5, 5.41) is 13.0. The number of aryl methyl sites for hydroxylation is 1. The van der Waals surface area contributed by atoms with Gasteiger partial charge < -0.3 is 5.11 Å². The molecule has 0 amide bonds. The molecule has 0 aliphatic heterocycles. The molecule has 0 spiro atoms. The number of aliphatic hydroxyl groups excluding tert-OH is 1. The highest BCUT2D eigenvalue weighted by molar-refractivity contribution is 9.10. The van der Waals surface area contributed by atoms with Crippen molar-refractivity contribution >= 4 is 48.6 Å². The lowest BCUT2D eigenvalue weighted by molar-refractivity contribution is 0.282. The Kier molecular flexibility index (Phi) is 5.04. The highest BCUT2D eigenvalue weighted by atomic mass is 79.9. The van der Waals surface area contributed by atoms with Gasteiger partial charge >= 0.3 is 0 Å². The van der Waals surface area contributed by atoms with E-state index in [0.29, 0.717) is 17.0 Å². The smallest absolute Gasteiger partial charge is 0.244 e. The van der Waals surface area contributed by atoms with Crippen molar-refractivity contribution in [2.24, 2.45) is 0 Å². The second-order valence-corrected chi connectivity index (χ2v) is 9.18. The molecule has 0 saturated heterocycles. The minimum Gasteiger partial charge on any atom is -0.391 e. The van der Waals surface area contributed by atoms with Gasteiger partial charge in [0.15, 0.2) is 0 Å². The summed E-state index contributed by atoms with van der Waals surface area (Å²) in [6.07, 6.45) is 0. The maximum Gasteiger partial charge on any atom is 0.244 e. The van der Waals surface area contributed by atoms with E-state index in [1.165, 1.54) is 27.0 Å². The highest BCUT2D eigenvalue weighted by Crippen LogP contribution is 2.30. The van der Waals surface area contributed by atoms with Crippen LogP contribution in [0.4, 0.5) is 0 Å². The summed E-state index contributed by atoms with van der Waals surface area (Å²) < 4.78 is 27.5. The topological polar surface area (TPSA) is 57.6 Å². The van der Waals surface area contributed by atoms with E-state index >= 15 is 0 Å². The maximum absolute atomic E-state index is 12.6. The molecule has 2 aromatic rings. The number of aliphatic hydroxyl groups is 1. The van der Waals surface area contributed by atoms with E-state index in [9.17, 15) is 13.5 Å². The Balaban J connectivity index is 2.32. The lowest BCUT2D eigenvalue weighted by atomic mass is 10.3. The van der Waals surface area contributed by atoms with Gasteiger partial charge in [-0.05, 0) is 39.9 Å². The first-order valence-corrected chi connectivity index (χ1v) is 9.72. The fourth-order valence-electron chi connectivity index (χ4n) is 1.84. The second kappa shape index (κ2) is 6.25. The van der Waals surface area contributed by atoms with E-state index in [2.05, 4.69) is 15.9 Å². The van der Waals surface area contributed by atoms with Gasteiger partial charge in [0, 0.05) is 28.3 Å². The molecule has 0 aromatic carbocycles. The average Bonchev–Trinajstić information content (AvgIpc) is 2.95. The predicted octanol–water partition coefficient (Wildman–Crippen LogP) is 3.19. The molecule has 0 saturated carbocycles. The molecule has 110 valence electrons. The van der Waals surface area contributed by atoms with Crippen molar-refractivity contribution in [3.05, 3.63) is 36.6 Å². The van der Waals surface area contributed by atoms with Gasteiger partial charge in [0.25, 0.3) is 0 Å². The van der Waals surface area contributed by atoms with Crippen LogP contribution in [0.3, 0.4) is 0 Å². The van der Waals surface area contributed by atoms with E-state index in [-0.39, 0.29) is 11.5 Å². The molecular weight excluding hydrogens is 382 g/mol. The van der Waals surface area contributed by atoms with Crippen LogP contribution in [0.5, 0.6) is 0 Å². The van der Waals surface area contributed by atoms with E-state index < -0.39 is 10.0 Å². The zero-order valence-corrected chi connectivity index (χ0v) is 15.0. The first-order chi connectivity index (χ1) is 9.36. The Morgan fingerprint density at radius 2 is 2.05 bits per heavy atom. The maximum atomic E-state index is 12.6. The molecule has 2 rings (SSSR count). The number of sulfonamides is 1. The summed E-state index contributed by atoms with van der Waals surface area (Å²) in [4.78, 5) is 1.69. The quantitative estimate of drug-likeness (QED) is 0.845. The fraction of sp³-hybridized carbons (Fsp3) is 0.333. The van der Waals surface area contributed by atoms with Gasteiger partial charge in [0.05, 0.1) is 11.5 Å². The Bertz CT molecular complexity index is 705. The molecule has 0 unspecified atom stereocenters. The zero-order valence-electron chi connectivity index (χ0n) is 11.0. The Labute approximate surface area is 134 Å². The normalized spacial score (nSPS) is 12.2. The van der Waals surface area contributed by atoms with Gasteiger partial charge in [0.2, 0.25) is 10.0 Å². The molecule has 1 N–H and O–H groups in total. The van der Waals surface area contributed by atoms with Gasteiger partial charge in [0.1, 0.15) is 4.90 Å². The largest absolute Gasteiger partial charge is 0.391 e. The molecule has 0 atom stereocenters. The SMILES string of the molecule is Cc1csc(CO)c1S(=O)(=O)N(C)Cc1cc(Br)cs1. The average molecular weight is 396 g/mol. The summed E-state index contributed by atoms with van der Waals surface area (Å²) in [5.74, 6) is 0. The highest BCUT2D eigenvalue weighted by Gasteiger charge is 2.27. The third-order valence-electron chi connectivity index (χ3n) is 2.80. The van der Waals surface area contributed by atoms with Gasteiger partial charge in [-0.2, -0.15) is 4.31 Å². The zero-order chi connectivity index (χ0) is 14.9. The molecule has 0 fully saturated rings. The molecule has 0 aliphatic carbocycles. The van der Waals surface area contributed by atoms with Crippen LogP contribution in [0, 0.1) is 6.92 Å². The molecular formula is C12H14BrNO3S3. The van der Waals surface area contributed by atoms with E-state index in [1.807, 2.05) is 11.4 Å². The van der Waals surface area contributed by atoms with Crippen molar-refractivity contribution in [2.75, 3.05) is 7.05 Å². The van der Waals surface area contributed by atoms with Crippen molar-refractivity contribution < 1.29 is 13.5 Å². The lowest BCUT2D eigenvalue weighted by Gasteiger charge is -2.17. The number of rotatable bonds is 5. The van der Waals surface area contributed by atoms with E-state index in [4.69, 9.17) is 0 Å². The summed E-state index contributed by atoms with van der Waals surface area (Å²) in [6, 6.07) is 1.91. The molecule has 0 radical (unpaired) electrons. The predicted molar refractivity (Wildman–Crippen MR) is 85.7 cm³/mol. The molecule has 8 heteroatoms. The summed E-state index contributed by atoms with van der Waals surface area (Å²) in [6.45, 7) is 1.81. The van der Waals surface area contributed by atoms with Gasteiger partial charge in [-0.25, -0.2) is 8.42 Å². The first kappa shape index (κ1) is 16.1. The second-order valence-electron chi connectivity index (χ2n) is 4.32. The van der Waals surface area contributed by atoms with Crippen LogP contribution in [0.1, 0.15) is 15.3 Å². The Hall–Kier alpha value is -0.250. The van der Waals surface area contributed by atoms with E-state index in [1.54, 1.807) is 19.4 Å².